The van der Waals surface area contributed by atoms with Gasteiger partial charge in [-0.2, -0.15) is 0 Å². The summed E-state index contributed by atoms with van der Waals surface area (Å²) in [5.41, 5.74) is 2.41. The third-order valence-electron chi connectivity index (χ3n) is 1.92. The van der Waals surface area contributed by atoms with E-state index in [4.69, 9.17) is 0 Å². The minimum Gasteiger partial charge on any atom is -0.508 e. The summed E-state index contributed by atoms with van der Waals surface area (Å²) in [4.78, 5) is 10.3. The van der Waals surface area contributed by atoms with E-state index >= 15 is 0 Å². The molecular weight excluding hydrogens is 168 g/mol. The van der Waals surface area contributed by atoms with Crippen LogP contribution in [0.15, 0.2) is 17.4 Å². The van der Waals surface area contributed by atoms with Gasteiger partial charge < -0.3 is 5.11 Å². The molecule has 1 rings (SSSR count). The van der Waals surface area contributed by atoms with Gasteiger partial charge in [-0.25, -0.2) is 5.01 Å². The minimum atomic E-state index is 0.207. The Morgan fingerprint density at radius 1 is 1.31 bits per heavy atom. The van der Waals surface area contributed by atoms with Gasteiger partial charge >= 0.3 is 0 Å². The number of aryl methyl sites for hydroxylation is 2. The van der Waals surface area contributed by atoms with Crippen LogP contribution in [0.25, 0.3) is 0 Å². The van der Waals surface area contributed by atoms with Crippen molar-refractivity contribution in [2.75, 3.05) is 12.1 Å². The Kier molecular flexibility index (Phi) is 2.51. The summed E-state index contributed by atoms with van der Waals surface area (Å²) in [6.07, 6.45) is 0. The fourth-order valence-corrected chi connectivity index (χ4v) is 1.48. The van der Waals surface area contributed by atoms with Crippen molar-refractivity contribution >= 4 is 5.69 Å². The quantitative estimate of drug-likeness (QED) is 0.560. The monoisotopic (exact) mass is 180 g/mol. The molecular formula is C9H12N2O2. The second-order valence-electron chi connectivity index (χ2n) is 3.03. The molecule has 70 valence electrons. The van der Waals surface area contributed by atoms with Crippen LogP contribution < -0.4 is 5.01 Å². The third-order valence-corrected chi connectivity index (χ3v) is 1.92. The van der Waals surface area contributed by atoms with E-state index in [0.29, 0.717) is 0 Å². The molecule has 0 aliphatic heterocycles. The molecule has 4 heteroatoms. The van der Waals surface area contributed by atoms with Crippen LogP contribution in [0.4, 0.5) is 5.69 Å². The molecule has 0 atom stereocenters. The first-order valence-corrected chi connectivity index (χ1v) is 3.93. The molecule has 0 saturated carbocycles. The van der Waals surface area contributed by atoms with E-state index in [1.807, 2.05) is 13.8 Å². The van der Waals surface area contributed by atoms with E-state index in [2.05, 4.69) is 5.29 Å². The maximum Gasteiger partial charge on any atom is 0.116 e. The zero-order valence-electron chi connectivity index (χ0n) is 7.90. The molecule has 0 aliphatic rings. The predicted molar refractivity (Wildman–Crippen MR) is 51.8 cm³/mol. The van der Waals surface area contributed by atoms with Crippen molar-refractivity contribution in [1.82, 2.24) is 0 Å². The average Bonchev–Trinajstić information content (AvgIpc) is 2.02. The number of nitrogens with zero attached hydrogens (tertiary/aromatic N) is 2. The lowest BCUT2D eigenvalue weighted by Crippen LogP contribution is -2.10. The highest BCUT2D eigenvalue weighted by Gasteiger charge is 2.09. The first kappa shape index (κ1) is 9.51. The average molecular weight is 180 g/mol. The minimum absolute atomic E-state index is 0.207. The smallest absolute Gasteiger partial charge is 0.116 e. The van der Waals surface area contributed by atoms with E-state index in [-0.39, 0.29) is 5.75 Å². The summed E-state index contributed by atoms with van der Waals surface area (Å²) in [5, 5.41) is 13.3. The summed E-state index contributed by atoms with van der Waals surface area (Å²) in [7, 11) is 1.58. The molecule has 1 aromatic carbocycles. The van der Waals surface area contributed by atoms with Crippen LogP contribution >= 0.6 is 0 Å². The number of aromatic hydroxyl groups is 1. The number of phenolic OH excluding ortho intramolecular Hbond substituents is 1. The normalized spacial score (nSPS) is 9.77. The first-order valence-electron chi connectivity index (χ1n) is 3.93. The number of phenols is 1. The summed E-state index contributed by atoms with van der Waals surface area (Å²) in [6.45, 7) is 3.65. The highest BCUT2D eigenvalue weighted by molar-refractivity contribution is 5.60. The van der Waals surface area contributed by atoms with Crippen LogP contribution in [0.5, 0.6) is 5.75 Å². The Morgan fingerprint density at radius 2 is 1.77 bits per heavy atom. The number of nitroso groups, excluding NO2 is 1. The summed E-state index contributed by atoms with van der Waals surface area (Å²) in [6, 6.07) is 3.20. The van der Waals surface area contributed by atoms with Gasteiger partial charge in [0, 0.05) is 7.05 Å². The molecule has 0 bridgehead atoms. The Hall–Kier alpha value is -1.58. The molecule has 0 spiro atoms. The summed E-state index contributed by atoms with van der Waals surface area (Å²) in [5.74, 6) is 0.207. The van der Waals surface area contributed by atoms with Crippen LogP contribution in [-0.4, -0.2) is 12.2 Å². The van der Waals surface area contributed by atoms with Crippen LogP contribution in [0.3, 0.4) is 0 Å². The van der Waals surface area contributed by atoms with Crippen molar-refractivity contribution in [3.63, 3.8) is 0 Å². The SMILES string of the molecule is Cc1cc(O)cc(C)c1N(C)N=O. The first-order chi connectivity index (χ1) is 6.06. The molecule has 1 aromatic rings. The Bertz CT molecular complexity index is 313. The van der Waals surface area contributed by atoms with Gasteiger partial charge in [0.05, 0.1) is 11.0 Å². The maximum absolute atomic E-state index is 10.3. The number of hydrogen-bond donors (Lipinski definition) is 1. The van der Waals surface area contributed by atoms with Crippen LogP contribution in [0, 0.1) is 18.8 Å². The van der Waals surface area contributed by atoms with Crippen molar-refractivity contribution in [2.24, 2.45) is 5.29 Å². The van der Waals surface area contributed by atoms with E-state index in [9.17, 15) is 10.0 Å². The topological polar surface area (TPSA) is 52.9 Å². The van der Waals surface area contributed by atoms with Crippen LogP contribution in [-0.2, 0) is 0 Å². The van der Waals surface area contributed by atoms with Crippen molar-refractivity contribution in [2.45, 2.75) is 13.8 Å². The molecule has 4 nitrogen and oxygen atoms in total. The molecule has 0 aromatic heterocycles. The number of anilines is 1. The molecule has 0 amide bonds. The Balaban J connectivity index is 3.28. The predicted octanol–water partition coefficient (Wildman–Crippen LogP) is 2.13. The molecule has 1 N–H and O–H groups in total. The van der Waals surface area contributed by atoms with E-state index < -0.39 is 0 Å². The Labute approximate surface area is 76.7 Å². The van der Waals surface area contributed by atoms with Gasteiger partial charge in [-0.3, -0.25) is 0 Å². The van der Waals surface area contributed by atoms with Gasteiger partial charge in [0.25, 0.3) is 0 Å². The zero-order valence-corrected chi connectivity index (χ0v) is 7.90. The van der Waals surface area contributed by atoms with E-state index in [1.54, 1.807) is 19.2 Å². The number of rotatable bonds is 2. The standard InChI is InChI=1S/C9H12N2O2/c1-6-4-8(12)5-7(2)9(6)11(3)10-13/h4-5,12H,1-3H3. The maximum atomic E-state index is 10.3. The summed E-state index contributed by atoms with van der Waals surface area (Å²) < 4.78 is 0. The van der Waals surface area contributed by atoms with Gasteiger partial charge in [0.1, 0.15) is 5.75 Å². The second kappa shape index (κ2) is 3.43. The number of benzene rings is 1. The van der Waals surface area contributed by atoms with Crippen LogP contribution in [0.2, 0.25) is 0 Å². The third kappa shape index (κ3) is 1.77. The Morgan fingerprint density at radius 3 is 2.15 bits per heavy atom. The highest BCUT2D eigenvalue weighted by Crippen LogP contribution is 2.28. The molecule has 0 heterocycles. The van der Waals surface area contributed by atoms with E-state index in [0.717, 1.165) is 16.8 Å². The lowest BCUT2D eigenvalue weighted by Gasteiger charge is -2.15. The highest BCUT2D eigenvalue weighted by atomic mass is 16.3. The fraction of sp³-hybridized carbons (Fsp3) is 0.333. The second-order valence-corrected chi connectivity index (χ2v) is 3.03. The largest absolute Gasteiger partial charge is 0.508 e. The van der Waals surface area contributed by atoms with Crippen LogP contribution in [0.1, 0.15) is 11.1 Å². The molecule has 0 fully saturated rings. The lowest BCUT2D eigenvalue weighted by molar-refractivity contribution is 0.474. The zero-order chi connectivity index (χ0) is 10.0. The van der Waals surface area contributed by atoms with Gasteiger partial charge in [-0.05, 0) is 37.1 Å². The van der Waals surface area contributed by atoms with Gasteiger partial charge in [-0.1, -0.05) is 0 Å². The van der Waals surface area contributed by atoms with Crippen molar-refractivity contribution in [1.29, 1.82) is 0 Å². The fourth-order valence-electron chi connectivity index (χ4n) is 1.48. The van der Waals surface area contributed by atoms with Crippen molar-refractivity contribution in [3.05, 3.63) is 28.2 Å². The lowest BCUT2D eigenvalue weighted by atomic mass is 10.1. The molecule has 0 unspecified atom stereocenters. The molecule has 0 radical (unpaired) electrons. The molecule has 0 aliphatic carbocycles. The van der Waals surface area contributed by atoms with Gasteiger partial charge in [0.2, 0.25) is 0 Å². The van der Waals surface area contributed by atoms with Crippen molar-refractivity contribution in [3.8, 4) is 5.75 Å². The summed E-state index contributed by atoms with van der Waals surface area (Å²) >= 11 is 0. The number of hydrogen-bond acceptors (Lipinski definition) is 3. The molecule has 13 heavy (non-hydrogen) atoms. The molecule has 0 saturated heterocycles. The van der Waals surface area contributed by atoms with Gasteiger partial charge in [0.15, 0.2) is 0 Å². The van der Waals surface area contributed by atoms with E-state index in [1.165, 1.54) is 5.01 Å². The van der Waals surface area contributed by atoms with Crippen molar-refractivity contribution < 1.29 is 5.11 Å². The van der Waals surface area contributed by atoms with Gasteiger partial charge in [-0.15, -0.1) is 4.91 Å².